The van der Waals surface area contributed by atoms with Crippen molar-refractivity contribution in [3.05, 3.63) is 58.9 Å². The third-order valence-corrected chi connectivity index (χ3v) is 6.82. The Balaban J connectivity index is 1.77. The molecule has 0 bridgehead atoms. The Hall–Kier alpha value is -3.77. The van der Waals surface area contributed by atoms with Crippen LogP contribution in [0.3, 0.4) is 0 Å². The predicted molar refractivity (Wildman–Crippen MR) is 131 cm³/mol. The highest BCUT2D eigenvalue weighted by Gasteiger charge is 2.23. The Kier molecular flexibility index (Phi) is 6.59. The van der Waals surface area contributed by atoms with E-state index in [-0.39, 0.29) is 28.8 Å². The second-order valence-corrected chi connectivity index (χ2v) is 9.71. The van der Waals surface area contributed by atoms with E-state index in [1.54, 1.807) is 69.0 Å². The van der Waals surface area contributed by atoms with Gasteiger partial charge >= 0.3 is 5.69 Å². The van der Waals surface area contributed by atoms with E-state index in [1.165, 1.54) is 15.3 Å². The third kappa shape index (κ3) is 4.88. The van der Waals surface area contributed by atoms with E-state index >= 15 is 0 Å². The fourth-order valence-corrected chi connectivity index (χ4v) is 4.65. The van der Waals surface area contributed by atoms with Crippen molar-refractivity contribution in [1.29, 1.82) is 0 Å². The molecule has 2 aromatic heterocycles. The first-order valence-corrected chi connectivity index (χ1v) is 12.3. The van der Waals surface area contributed by atoms with Crippen molar-refractivity contribution < 1.29 is 23.0 Å². The number of aromatic nitrogens is 4. The minimum Gasteiger partial charge on any atom is -0.493 e. The molecule has 4 rings (SSSR count). The molecule has 0 radical (unpaired) electrons. The molecular weight excluding hydrogens is 474 g/mol. The smallest absolute Gasteiger partial charge is 0.328 e. The average molecular weight is 502 g/mol. The van der Waals surface area contributed by atoms with Crippen molar-refractivity contribution in [2.24, 2.45) is 21.1 Å². The van der Waals surface area contributed by atoms with Gasteiger partial charge in [0.15, 0.2) is 10.8 Å². The Labute approximate surface area is 202 Å². The van der Waals surface area contributed by atoms with Crippen molar-refractivity contribution in [2.75, 3.05) is 17.9 Å². The van der Waals surface area contributed by atoms with Gasteiger partial charge in [0.25, 0.3) is 10.0 Å². The summed E-state index contributed by atoms with van der Waals surface area (Å²) in [6, 6.07) is 10.0. The summed E-state index contributed by atoms with van der Waals surface area (Å²) in [6.07, 6.45) is 1.91. The molecule has 0 amide bonds. The van der Waals surface area contributed by atoms with Crippen LogP contribution in [-0.2, 0) is 31.2 Å². The number of rotatable bonds is 9. The minimum absolute atomic E-state index is 0.0191. The first-order valence-electron chi connectivity index (χ1n) is 10.8. The highest BCUT2D eigenvalue weighted by atomic mass is 32.2. The summed E-state index contributed by atoms with van der Waals surface area (Å²) in [6.45, 7) is 2.06. The molecule has 0 aliphatic carbocycles. The summed E-state index contributed by atoms with van der Waals surface area (Å²) in [4.78, 5) is 16.6. The van der Waals surface area contributed by atoms with Gasteiger partial charge in [0, 0.05) is 52.5 Å². The van der Waals surface area contributed by atoms with Crippen LogP contribution >= 0.6 is 0 Å². The zero-order chi connectivity index (χ0) is 25.3. The number of aliphatic hydroxyl groups is 1. The van der Waals surface area contributed by atoms with Crippen molar-refractivity contribution in [3.8, 4) is 17.2 Å². The largest absolute Gasteiger partial charge is 0.493 e. The fourth-order valence-electron chi connectivity index (χ4n) is 3.55. The number of fused-ring (bicyclic) bond motifs is 1. The number of nitrogens with one attached hydrogen (secondary N) is 1. The van der Waals surface area contributed by atoms with Gasteiger partial charge in [-0.2, -0.15) is 8.42 Å². The average Bonchev–Trinajstić information content (AvgIpc) is 3.26. The number of hydrogen-bond acceptors (Lipinski definition) is 7. The molecule has 2 N–H and O–H groups in total. The molecule has 0 atom stereocenters. The monoisotopic (exact) mass is 501 g/mol. The molecule has 11 nitrogen and oxygen atoms in total. The van der Waals surface area contributed by atoms with Crippen LogP contribution in [0.5, 0.6) is 17.2 Å². The second-order valence-electron chi connectivity index (χ2n) is 8.08. The quantitative estimate of drug-likeness (QED) is 0.337. The number of hydrogen-bond donors (Lipinski definition) is 2. The van der Waals surface area contributed by atoms with Crippen LogP contribution in [-0.4, -0.2) is 45.4 Å². The number of sulfonamides is 1. The topological polar surface area (TPSA) is 130 Å². The van der Waals surface area contributed by atoms with Crippen LogP contribution in [0, 0.1) is 6.92 Å². The lowest BCUT2D eigenvalue weighted by Gasteiger charge is -2.14. The third-order valence-electron chi connectivity index (χ3n) is 5.58. The van der Waals surface area contributed by atoms with E-state index in [0.29, 0.717) is 41.4 Å². The Bertz CT molecular complexity index is 1530. The zero-order valence-corrected chi connectivity index (χ0v) is 20.7. The number of aliphatic hydroxyl groups excluding tert-OH is 1. The molecule has 4 aromatic rings. The number of nitrogens with zero attached hydrogens (tertiary/aromatic N) is 4. The molecule has 0 aliphatic rings. The van der Waals surface area contributed by atoms with Gasteiger partial charge in [0.1, 0.15) is 17.3 Å². The molecule has 2 heterocycles. The van der Waals surface area contributed by atoms with Crippen LogP contribution in [0.2, 0.25) is 0 Å². The lowest BCUT2D eigenvalue weighted by atomic mass is 10.2. The summed E-state index contributed by atoms with van der Waals surface area (Å²) in [5, 5.41) is 8.82. The van der Waals surface area contributed by atoms with Crippen LogP contribution < -0.4 is 19.9 Å². The van der Waals surface area contributed by atoms with Crippen molar-refractivity contribution >= 4 is 26.7 Å². The summed E-state index contributed by atoms with van der Waals surface area (Å²) in [5.74, 6) is 1.68. The maximum Gasteiger partial charge on any atom is 0.328 e. The van der Waals surface area contributed by atoms with Crippen LogP contribution in [0.25, 0.3) is 11.0 Å². The number of anilines is 1. The first kappa shape index (κ1) is 24.4. The van der Waals surface area contributed by atoms with Crippen LogP contribution in [0.1, 0.15) is 12.2 Å². The van der Waals surface area contributed by atoms with Crippen molar-refractivity contribution in [2.45, 2.75) is 18.4 Å². The molecule has 186 valence electrons. The molecule has 0 aliphatic heterocycles. The maximum absolute atomic E-state index is 13.1. The molecule has 0 fully saturated rings. The summed E-state index contributed by atoms with van der Waals surface area (Å²) in [5.41, 5.74) is 0.986. The van der Waals surface area contributed by atoms with Gasteiger partial charge in [0.05, 0.1) is 23.3 Å². The molecule has 2 aromatic carbocycles. The van der Waals surface area contributed by atoms with Gasteiger partial charge in [-0.25, -0.2) is 9.78 Å². The lowest BCUT2D eigenvalue weighted by molar-refractivity contribution is 0.233. The summed E-state index contributed by atoms with van der Waals surface area (Å²) < 4.78 is 44.9. The number of imidazole rings is 2. The van der Waals surface area contributed by atoms with Gasteiger partial charge in [-0.1, -0.05) is 6.07 Å². The van der Waals surface area contributed by atoms with Gasteiger partial charge < -0.3 is 19.1 Å². The summed E-state index contributed by atoms with van der Waals surface area (Å²) in [7, 11) is 0.903. The van der Waals surface area contributed by atoms with E-state index in [9.17, 15) is 13.2 Å². The molecule has 0 saturated heterocycles. The van der Waals surface area contributed by atoms with Crippen LogP contribution in [0.4, 0.5) is 5.69 Å². The SMILES string of the molecule is Cc1nc(S(=O)(=O)Nc2cc3c(cc2Oc2cccc(OCCCO)c2)n(C)c(=O)n3C)cn1C. The highest BCUT2D eigenvalue weighted by Crippen LogP contribution is 2.35. The van der Waals surface area contributed by atoms with E-state index in [4.69, 9.17) is 14.6 Å². The molecule has 0 saturated carbocycles. The Morgan fingerprint density at radius 3 is 2.40 bits per heavy atom. The minimum atomic E-state index is -4.04. The molecule has 35 heavy (non-hydrogen) atoms. The Morgan fingerprint density at radius 1 is 1.06 bits per heavy atom. The normalized spacial score (nSPS) is 11.7. The predicted octanol–water partition coefficient (Wildman–Crippen LogP) is 2.27. The highest BCUT2D eigenvalue weighted by molar-refractivity contribution is 7.92. The van der Waals surface area contributed by atoms with Crippen LogP contribution in [0.15, 0.2) is 52.4 Å². The van der Waals surface area contributed by atoms with Crippen molar-refractivity contribution in [3.63, 3.8) is 0 Å². The molecule has 0 spiro atoms. The summed E-state index contributed by atoms with van der Waals surface area (Å²) >= 11 is 0. The van der Waals surface area contributed by atoms with E-state index < -0.39 is 10.0 Å². The van der Waals surface area contributed by atoms with Gasteiger partial charge in [-0.3, -0.25) is 13.9 Å². The molecular formula is C23H27N5O6S. The first-order chi connectivity index (χ1) is 16.6. The van der Waals surface area contributed by atoms with E-state index in [0.717, 1.165) is 0 Å². The number of benzene rings is 2. The van der Waals surface area contributed by atoms with Crippen molar-refractivity contribution in [1.82, 2.24) is 18.7 Å². The molecule has 0 unspecified atom stereocenters. The zero-order valence-electron chi connectivity index (χ0n) is 19.8. The van der Waals surface area contributed by atoms with Gasteiger partial charge in [-0.05, 0) is 25.1 Å². The number of aryl methyl sites for hydroxylation is 4. The Morgan fingerprint density at radius 2 is 1.74 bits per heavy atom. The second kappa shape index (κ2) is 9.47. The molecule has 12 heteroatoms. The maximum atomic E-state index is 13.1. The van der Waals surface area contributed by atoms with Gasteiger partial charge in [-0.15, -0.1) is 0 Å². The van der Waals surface area contributed by atoms with E-state index in [1.807, 2.05) is 0 Å². The fraction of sp³-hybridized carbons (Fsp3) is 0.304. The van der Waals surface area contributed by atoms with Gasteiger partial charge in [0.2, 0.25) is 0 Å². The lowest BCUT2D eigenvalue weighted by Crippen LogP contribution is -2.19. The number of ether oxygens (including phenoxy) is 2. The standard InChI is InChI=1S/C23H27N5O6S/c1-15-24-22(14-26(15)2)35(31,32)25-18-12-19-20(28(4)23(30)27(19)3)13-21(18)34-17-8-5-7-16(11-17)33-10-6-9-29/h5,7-8,11-14,25,29H,6,9-10H2,1-4H3. The van der Waals surface area contributed by atoms with E-state index in [2.05, 4.69) is 9.71 Å².